The molecular formula is C33H34F4N2O5. The van der Waals surface area contributed by atoms with E-state index in [1.54, 1.807) is 17.0 Å². The highest BCUT2D eigenvalue weighted by Crippen LogP contribution is 2.44. The van der Waals surface area contributed by atoms with E-state index in [4.69, 9.17) is 9.47 Å². The van der Waals surface area contributed by atoms with Gasteiger partial charge in [-0.3, -0.25) is 9.69 Å². The average Bonchev–Trinajstić information content (AvgIpc) is 3.30. The Morgan fingerprint density at radius 1 is 0.909 bits per heavy atom. The van der Waals surface area contributed by atoms with Gasteiger partial charge < -0.3 is 19.1 Å². The van der Waals surface area contributed by atoms with Crippen LogP contribution in [0.2, 0.25) is 0 Å². The first kappa shape index (κ1) is 31.3. The monoisotopic (exact) mass is 614 g/mol. The van der Waals surface area contributed by atoms with Crippen molar-refractivity contribution in [3.63, 3.8) is 0 Å². The van der Waals surface area contributed by atoms with Gasteiger partial charge in [0.2, 0.25) is 5.91 Å². The zero-order valence-electron chi connectivity index (χ0n) is 24.6. The molecule has 0 saturated carbocycles. The van der Waals surface area contributed by atoms with Crippen molar-refractivity contribution in [3.8, 4) is 22.6 Å². The van der Waals surface area contributed by atoms with E-state index < -0.39 is 12.3 Å². The first-order valence-corrected chi connectivity index (χ1v) is 14.6. The fourth-order valence-electron chi connectivity index (χ4n) is 6.03. The summed E-state index contributed by atoms with van der Waals surface area (Å²) in [5, 5.41) is 0. The molecule has 1 spiro atoms. The van der Waals surface area contributed by atoms with E-state index in [1.807, 2.05) is 26.0 Å². The summed E-state index contributed by atoms with van der Waals surface area (Å²) in [6.07, 6.45) is -3.08. The quantitative estimate of drug-likeness (QED) is 0.191. The van der Waals surface area contributed by atoms with E-state index in [-0.39, 0.29) is 22.7 Å². The smallest absolute Gasteiger partial charge is 0.493 e. The van der Waals surface area contributed by atoms with Crippen LogP contribution < -0.4 is 14.4 Å². The van der Waals surface area contributed by atoms with E-state index >= 15 is 0 Å². The Bertz CT molecular complexity index is 1460. The predicted molar refractivity (Wildman–Crippen MR) is 156 cm³/mol. The van der Waals surface area contributed by atoms with Crippen LogP contribution in [0.1, 0.15) is 49.0 Å². The second kappa shape index (κ2) is 12.9. The van der Waals surface area contributed by atoms with Crippen LogP contribution in [0, 0.1) is 11.2 Å². The topological polar surface area (TPSA) is 68.3 Å². The van der Waals surface area contributed by atoms with Gasteiger partial charge in [0.25, 0.3) is 0 Å². The number of alkyl halides is 3. The van der Waals surface area contributed by atoms with Crippen LogP contribution in [0.15, 0.2) is 60.7 Å². The van der Waals surface area contributed by atoms with Crippen LogP contribution >= 0.6 is 0 Å². The van der Waals surface area contributed by atoms with Crippen molar-refractivity contribution in [3.05, 3.63) is 77.6 Å². The molecular weight excluding hydrogens is 580 g/mol. The summed E-state index contributed by atoms with van der Waals surface area (Å²) < 4.78 is 66.3. The van der Waals surface area contributed by atoms with Crippen molar-refractivity contribution in [1.82, 2.24) is 4.90 Å². The van der Waals surface area contributed by atoms with Gasteiger partial charge in [0.1, 0.15) is 17.3 Å². The number of likely N-dealkylation sites (tertiary alicyclic amines) is 1. The molecule has 2 heterocycles. The summed E-state index contributed by atoms with van der Waals surface area (Å²) >= 11 is 0. The summed E-state index contributed by atoms with van der Waals surface area (Å²) in [6.45, 7) is 7.45. The van der Waals surface area contributed by atoms with E-state index in [0.717, 1.165) is 42.6 Å². The number of esters is 1. The standard InChI is InChI=1S/C33H34F4N2O5/c1-3-42-27-17-22(18-28(43-4-2)30(27)23-5-9-25(34)10-6-23)20-38-15-13-32(14-16-38)19-29(40)39(21-32)26-11-7-24(8-12-26)31(41)44-33(35,36)37/h5-12,17-18H,3-4,13-16,19-21H2,1-2H3. The highest BCUT2D eigenvalue weighted by molar-refractivity contribution is 5.97. The molecule has 2 saturated heterocycles. The van der Waals surface area contributed by atoms with Crippen LogP contribution in [0.5, 0.6) is 11.5 Å². The molecule has 1 amide bonds. The first-order valence-electron chi connectivity index (χ1n) is 14.6. The van der Waals surface area contributed by atoms with Crippen molar-refractivity contribution in [2.45, 2.75) is 46.0 Å². The van der Waals surface area contributed by atoms with Crippen LogP contribution in [-0.4, -0.2) is 56.0 Å². The molecule has 7 nitrogen and oxygen atoms in total. The SMILES string of the molecule is CCOc1cc(CN2CCC3(CC2)CC(=O)N(c2ccc(C(=O)OC(F)(F)F)cc2)C3)cc(OCC)c1-c1ccc(F)cc1. The number of carbonyl (C=O) groups is 2. The van der Waals surface area contributed by atoms with Gasteiger partial charge in [-0.25, -0.2) is 9.18 Å². The summed E-state index contributed by atoms with van der Waals surface area (Å²) in [6, 6.07) is 15.7. The highest BCUT2D eigenvalue weighted by atomic mass is 19.4. The highest BCUT2D eigenvalue weighted by Gasteiger charge is 2.45. The Labute approximate surface area is 253 Å². The number of nitrogens with zero attached hydrogens (tertiary/aromatic N) is 2. The molecule has 5 rings (SSSR count). The van der Waals surface area contributed by atoms with Gasteiger partial charge in [-0.2, -0.15) is 0 Å². The Kier molecular flexibility index (Phi) is 9.15. The maximum Gasteiger partial charge on any atom is 0.575 e. The molecule has 11 heteroatoms. The third kappa shape index (κ3) is 7.15. The fourth-order valence-corrected chi connectivity index (χ4v) is 6.03. The number of amides is 1. The van der Waals surface area contributed by atoms with Gasteiger partial charge in [-0.1, -0.05) is 12.1 Å². The second-order valence-electron chi connectivity index (χ2n) is 11.2. The van der Waals surface area contributed by atoms with Crippen molar-refractivity contribution >= 4 is 17.6 Å². The number of piperidine rings is 1. The van der Waals surface area contributed by atoms with Crippen LogP contribution in [0.4, 0.5) is 23.2 Å². The van der Waals surface area contributed by atoms with E-state index in [2.05, 4.69) is 9.64 Å². The maximum absolute atomic E-state index is 13.6. The van der Waals surface area contributed by atoms with Crippen LogP contribution in [-0.2, 0) is 16.1 Å². The molecule has 0 unspecified atom stereocenters. The lowest BCUT2D eigenvalue weighted by Crippen LogP contribution is -2.41. The summed E-state index contributed by atoms with van der Waals surface area (Å²) in [4.78, 5) is 28.7. The van der Waals surface area contributed by atoms with Crippen LogP contribution in [0.25, 0.3) is 11.1 Å². The number of ether oxygens (including phenoxy) is 3. The molecule has 2 aliphatic heterocycles. The predicted octanol–water partition coefficient (Wildman–Crippen LogP) is 6.99. The molecule has 2 aliphatic rings. The number of rotatable bonds is 9. The second-order valence-corrected chi connectivity index (χ2v) is 11.2. The molecule has 0 aliphatic carbocycles. The molecule has 0 atom stereocenters. The van der Waals surface area contributed by atoms with E-state index in [1.165, 1.54) is 36.4 Å². The van der Waals surface area contributed by atoms with Gasteiger partial charge in [0.05, 0.1) is 24.3 Å². The van der Waals surface area contributed by atoms with Crippen molar-refractivity contribution in [1.29, 1.82) is 0 Å². The van der Waals surface area contributed by atoms with Gasteiger partial charge in [0, 0.05) is 25.2 Å². The normalized spacial score (nSPS) is 16.8. The number of hydrogen-bond donors (Lipinski definition) is 0. The first-order chi connectivity index (χ1) is 21.0. The molecule has 0 radical (unpaired) electrons. The minimum absolute atomic E-state index is 0.0526. The minimum atomic E-state index is -5.06. The molecule has 3 aromatic carbocycles. The van der Waals surface area contributed by atoms with Crippen molar-refractivity contribution in [2.24, 2.45) is 5.41 Å². The summed E-state index contributed by atoms with van der Waals surface area (Å²) in [7, 11) is 0. The molecule has 3 aromatic rings. The van der Waals surface area contributed by atoms with E-state index in [9.17, 15) is 27.2 Å². The third-order valence-electron chi connectivity index (χ3n) is 8.13. The minimum Gasteiger partial charge on any atom is -0.493 e. The Hall–Kier alpha value is -4.12. The largest absolute Gasteiger partial charge is 0.575 e. The van der Waals surface area contributed by atoms with Crippen molar-refractivity contribution in [2.75, 3.05) is 37.7 Å². The van der Waals surface area contributed by atoms with Crippen LogP contribution in [0.3, 0.4) is 0 Å². The number of halogens is 4. The molecule has 2 fully saturated rings. The molecule has 234 valence electrons. The number of benzene rings is 3. The maximum atomic E-state index is 13.6. The van der Waals surface area contributed by atoms with E-state index in [0.29, 0.717) is 49.9 Å². The lowest BCUT2D eigenvalue weighted by atomic mass is 9.77. The molecule has 0 bridgehead atoms. The third-order valence-corrected chi connectivity index (χ3v) is 8.13. The lowest BCUT2D eigenvalue weighted by molar-refractivity contribution is -0.291. The Balaban J connectivity index is 1.25. The molecule has 0 aromatic heterocycles. The Morgan fingerprint density at radius 2 is 1.50 bits per heavy atom. The summed E-state index contributed by atoms with van der Waals surface area (Å²) in [5.74, 6) is -0.525. The fraction of sp³-hybridized carbons (Fsp3) is 0.394. The molecule has 44 heavy (non-hydrogen) atoms. The molecule has 0 N–H and O–H groups in total. The Morgan fingerprint density at radius 3 is 2.05 bits per heavy atom. The van der Waals surface area contributed by atoms with Crippen molar-refractivity contribution < 1.29 is 41.4 Å². The zero-order valence-corrected chi connectivity index (χ0v) is 24.6. The number of carbonyl (C=O) groups excluding carboxylic acids is 2. The lowest BCUT2D eigenvalue weighted by Gasteiger charge is -2.39. The number of anilines is 1. The van der Waals surface area contributed by atoms with Gasteiger partial charge in [-0.15, -0.1) is 13.2 Å². The zero-order chi connectivity index (χ0) is 31.5. The van der Waals surface area contributed by atoms with Gasteiger partial charge in [0.15, 0.2) is 0 Å². The average molecular weight is 615 g/mol. The summed E-state index contributed by atoms with van der Waals surface area (Å²) in [5.41, 5.74) is 2.69. The van der Waals surface area contributed by atoms with Gasteiger partial charge >= 0.3 is 12.3 Å². The number of hydrogen-bond acceptors (Lipinski definition) is 6. The van der Waals surface area contributed by atoms with Gasteiger partial charge in [-0.05, 0) is 105 Å².